The third-order valence-corrected chi connectivity index (χ3v) is 7.95. The van der Waals surface area contributed by atoms with Gasteiger partial charge in [0.05, 0.1) is 16.3 Å². The number of sulfonamides is 1. The summed E-state index contributed by atoms with van der Waals surface area (Å²) in [5.41, 5.74) is 3.10. The van der Waals surface area contributed by atoms with Crippen LogP contribution < -0.4 is 4.90 Å². The average molecular weight is 470 g/mol. The van der Waals surface area contributed by atoms with Gasteiger partial charge in [-0.25, -0.2) is 0 Å². The summed E-state index contributed by atoms with van der Waals surface area (Å²) in [5.74, 6) is 0.307. The van der Waals surface area contributed by atoms with Crippen LogP contribution in [0.4, 0.5) is 5.69 Å². The van der Waals surface area contributed by atoms with E-state index in [4.69, 9.17) is 11.6 Å². The lowest BCUT2D eigenvalue weighted by Gasteiger charge is -2.31. The number of rotatable bonds is 2. The van der Waals surface area contributed by atoms with Crippen LogP contribution in [-0.2, 0) is 10.0 Å². The second kappa shape index (κ2) is 8.37. The fourth-order valence-corrected chi connectivity index (χ4v) is 6.10. The molecular formula is C24H24ClN3O3S. The molecule has 2 aromatic rings. The number of amides is 1. The highest BCUT2D eigenvalue weighted by molar-refractivity contribution is 7.90. The molecule has 1 amide bonds. The Balaban J connectivity index is 1.45. The lowest BCUT2D eigenvalue weighted by Crippen LogP contribution is -2.37. The smallest absolute Gasteiger partial charge is 0.286 e. The highest BCUT2D eigenvalue weighted by Gasteiger charge is 2.34. The quantitative estimate of drug-likeness (QED) is 0.636. The Morgan fingerprint density at radius 2 is 1.81 bits per heavy atom. The van der Waals surface area contributed by atoms with E-state index in [0.717, 1.165) is 31.2 Å². The van der Waals surface area contributed by atoms with Crippen molar-refractivity contribution >= 4 is 44.6 Å². The van der Waals surface area contributed by atoms with Gasteiger partial charge in [-0.3, -0.25) is 4.79 Å². The molecule has 0 atom stereocenters. The molecular weight excluding hydrogens is 446 g/mol. The summed E-state index contributed by atoms with van der Waals surface area (Å²) < 4.78 is 29.9. The first-order valence-corrected chi connectivity index (χ1v) is 12.7. The largest absolute Gasteiger partial charge is 0.335 e. The summed E-state index contributed by atoms with van der Waals surface area (Å²) in [6.07, 6.45) is 6.31. The first kappa shape index (κ1) is 21.2. The number of anilines is 1. The van der Waals surface area contributed by atoms with Crippen LogP contribution in [0, 0.1) is 0 Å². The molecule has 0 saturated carbocycles. The van der Waals surface area contributed by atoms with Crippen molar-refractivity contribution in [1.29, 1.82) is 0 Å². The first-order valence-electron chi connectivity index (χ1n) is 10.9. The van der Waals surface area contributed by atoms with Crippen molar-refractivity contribution in [3.05, 3.63) is 64.7 Å². The topological polar surface area (TPSA) is 70.0 Å². The SMILES string of the molecule is O=C(c1cc2c(cc1Cl)N1CCCCCC1=NS2(=O)=O)N1CC=C(c2ccccc2)CC1. The minimum atomic E-state index is -3.87. The van der Waals surface area contributed by atoms with E-state index in [1.807, 2.05) is 29.2 Å². The van der Waals surface area contributed by atoms with Gasteiger partial charge in [-0.1, -0.05) is 54.4 Å². The van der Waals surface area contributed by atoms with Crippen LogP contribution in [0.15, 0.2) is 57.8 Å². The first-order chi connectivity index (χ1) is 15.4. The van der Waals surface area contributed by atoms with Crippen molar-refractivity contribution in [3.63, 3.8) is 0 Å². The number of nitrogens with zero attached hydrogens (tertiary/aromatic N) is 3. The number of carbonyl (C=O) groups excluding carboxylic acids is 1. The maximum absolute atomic E-state index is 13.3. The Labute approximate surface area is 193 Å². The molecule has 6 nitrogen and oxygen atoms in total. The van der Waals surface area contributed by atoms with Crippen LogP contribution in [-0.4, -0.2) is 44.7 Å². The monoisotopic (exact) mass is 469 g/mol. The van der Waals surface area contributed by atoms with Crippen LogP contribution in [0.5, 0.6) is 0 Å². The molecule has 0 spiro atoms. The Morgan fingerprint density at radius 1 is 1.00 bits per heavy atom. The summed E-state index contributed by atoms with van der Waals surface area (Å²) >= 11 is 6.54. The van der Waals surface area contributed by atoms with E-state index >= 15 is 0 Å². The molecule has 0 unspecified atom stereocenters. The van der Waals surface area contributed by atoms with Crippen molar-refractivity contribution in [1.82, 2.24) is 4.90 Å². The zero-order valence-electron chi connectivity index (χ0n) is 17.6. The van der Waals surface area contributed by atoms with Crippen LogP contribution in [0.3, 0.4) is 0 Å². The van der Waals surface area contributed by atoms with Gasteiger partial charge >= 0.3 is 0 Å². The predicted octanol–water partition coefficient (Wildman–Crippen LogP) is 4.75. The van der Waals surface area contributed by atoms with E-state index in [1.165, 1.54) is 11.6 Å². The molecule has 0 aromatic heterocycles. The zero-order valence-corrected chi connectivity index (χ0v) is 19.2. The third-order valence-electron chi connectivity index (χ3n) is 6.31. The molecule has 32 heavy (non-hydrogen) atoms. The van der Waals surface area contributed by atoms with Crippen molar-refractivity contribution in [2.75, 3.05) is 24.5 Å². The van der Waals surface area contributed by atoms with Crippen molar-refractivity contribution in [3.8, 4) is 0 Å². The Kier molecular flexibility index (Phi) is 5.55. The van der Waals surface area contributed by atoms with Crippen molar-refractivity contribution < 1.29 is 13.2 Å². The van der Waals surface area contributed by atoms with Crippen LogP contribution in [0.25, 0.3) is 5.57 Å². The lowest BCUT2D eigenvalue weighted by atomic mass is 9.99. The average Bonchev–Trinajstić information content (AvgIpc) is 3.04. The molecule has 8 heteroatoms. The summed E-state index contributed by atoms with van der Waals surface area (Å²) in [7, 11) is -3.87. The number of fused-ring (bicyclic) bond motifs is 3. The molecule has 1 fully saturated rings. The van der Waals surface area contributed by atoms with Gasteiger partial charge in [-0.15, -0.1) is 4.40 Å². The highest BCUT2D eigenvalue weighted by Crippen LogP contribution is 2.38. The van der Waals surface area contributed by atoms with E-state index in [1.54, 1.807) is 11.0 Å². The second-order valence-corrected chi connectivity index (χ2v) is 10.3. The van der Waals surface area contributed by atoms with E-state index in [-0.39, 0.29) is 21.4 Å². The van der Waals surface area contributed by atoms with Gasteiger partial charge in [0, 0.05) is 26.1 Å². The van der Waals surface area contributed by atoms with E-state index < -0.39 is 10.0 Å². The molecule has 0 aliphatic carbocycles. The number of hydrogen-bond donors (Lipinski definition) is 0. The summed E-state index contributed by atoms with van der Waals surface area (Å²) in [5, 5.41) is 0.271. The molecule has 0 radical (unpaired) electrons. The molecule has 3 heterocycles. The molecule has 1 saturated heterocycles. The molecule has 0 N–H and O–H groups in total. The van der Waals surface area contributed by atoms with Gasteiger partial charge < -0.3 is 9.80 Å². The summed E-state index contributed by atoms with van der Waals surface area (Å²) in [4.78, 5) is 17.0. The van der Waals surface area contributed by atoms with Gasteiger partial charge in [0.25, 0.3) is 15.9 Å². The minimum absolute atomic E-state index is 0.0634. The van der Waals surface area contributed by atoms with Gasteiger partial charge in [0.1, 0.15) is 10.7 Å². The van der Waals surface area contributed by atoms with E-state index in [9.17, 15) is 13.2 Å². The number of amidine groups is 1. The highest BCUT2D eigenvalue weighted by atomic mass is 35.5. The molecule has 3 aliphatic rings. The van der Waals surface area contributed by atoms with Gasteiger partial charge in [-0.2, -0.15) is 8.42 Å². The predicted molar refractivity (Wildman–Crippen MR) is 127 cm³/mol. The second-order valence-electron chi connectivity index (χ2n) is 8.34. The Hall–Kier alpha value is -2.64. The number of hydrogen-bond acceptors (Lipinski definition) is 4. The Morgan fingerprint density at radius 3 is 2.56 bits per heavy atom. The molecule has 2 aromatic carbocycles. The number of halogens is 1. The maximum atomic E-state index is 13.3. The van der Waals surface area contributed by atoms with Gasteiger partial charge in [0.2, 0.25) is 0 Å². The van der Waals surface area contributed by atoms with E-state index in [2.05, 4.69) is 16.5 Å². The van der Waals surface area contributed by atoms with Crippen LogP contribution in [0.1, 0.15) is 48.0 Å². The fourth-order valence-electron chi connectivity index (χ4n) is 4.60. The maximum Gasteiger partial charge on any atom is 0.286 e. The van der Waals surface area contributed by atoms with Crippen molar-refractivity contribution in [2.45, 2.75) is 37.0 Å². The molecule has 5 rings (SSSR count). The minimum Gasteiger partial charge on any atom is -0.335 e. The fraction of sp³-hybridized carbons (Fsp3) is 0.333. The molecule has 3 aliphatic heterocycles. The summed E-state index contributed by atoms with van der Waals surface area (Å²) in [6, 6.07) is 13.1. The van der Waals surface area contributed by atoms with Crippen molar-refractivity contribution in [2.24, 2.45) is 4.40 Å². The van der Waals surface area contributed by atoms with E-state index in [0.29, 0.717) is 37.6 Å². The third kappa shape index (κ3) is 3.84. The lowest BCUT2D eigenvalue weighted by molar-refractivity contribution is 0.0773. The zero-order chi connectivity index (χ0) is 22.3. The number of benzene rings is 2. The van der Waals surface area contributed by atoms with Gasteiger partial charge in [0.15, 0.2) is 0 Å². The summed E-state index contributed by atoms with van der Waals surface area (Å²) in [6.45, 7) is 1.70. The number of carbonyl (C=O) groups is 1. The Bertz CT molecular complexity index is 1240. The normalized spacial score (nSPS) is 19.9. The van der Waals surface area contributed by atoms with Crippen LogP contribution in [0.2, 0.25) is 5.02 Å². The van der Waals surface area contributed by atoms with Crippen LogP contribution >= 0.6 is 11.6 Å². The van der Waals surface area contributed by atoms with Gasteiger partial charge in [-0.05, 0) is 42.5 Å². The standard InChI is InChI=1S/C24H24ClN3O3S/c25-20-16-21-22(32(30,31)26-23-9-5-2-6-12-28(21)23)15-19(20)24(29)27-13-10-18(11-14-27)17-7-3-1-4-8-17/h1,3-4,7-8,10,15-16H,2,5-6,9,11-14H2. The molecule has 166 valence electrons. The molecule has 0 bridgehead atoms.